The molecule has 0 bridgehead atoms. The summed E-state index contributed by atoms with van der Waals surface area (Å²) in [4.78, 5) is 13.0. The molecule has 408 valence electrons. The maximum atomic E-state index is 13.0. The number of aliphatic hydroxyl groups excluding tert-OH is 5. The van der Waals surface area contributed by atoms with Crippen molar-refractivity contribution in [3.63, 3.8) is 0 Å². The monoisotopic (exact) mass is 978 g/mol. The third-order valence-corrected chi connectivity index (χ3v) is 14.5. The second-order valence-corrected chi connectivity index (χ2v) is 21.1. The lowest BCUT2D eigenvalue weighted by molar-refractivity contribution is -0.302. The van der Waals surface area contributed by atoms with Crippen molar-refractivity contribution in [1.29, 1.82) is 0 Å². The first-order chi connectivity index (χ1) is 33.8. The predicted octanol–water partition coefficient (Wildman–Crippen LogP) is 15.0. The van der Waals surface area contributed by atoms with E-state index in [0.717, 1.165) is 38.5 Å². The van der Waals surface area contributed by atoms with Crippen molar-refractivity contribution in [2.75, 3.05) is 13.2 Å². The summed E-state index contributed by atoms with van der Waals surface area (Å²) in [6.07, 6.45) is 57.2. The molecular formula is C60H115NO8. The summed E-state index contributed by atoms with van der Waals surface area (Å²) in [6.45, 7) is 3.77. The van der Waals surface area contributed by atoms with Gasteiger partial charge in [-0.05, 0) is 32.1 Å². The van der Waals surface area contributed by atoms with E-state index in [0.29, 0.717) is 6.42 Å². The summed E-state index contributed by atoms with van der Waals surface area (Å²) in [5, 5.41) is 54.3. The molecule has 9 heteroatoms. The Kier molecular flexibility index (Phi) is 47.8. The van der Waals surface area contributed by atoms with Crippen molar-refractivity contribution >= 4 is 5.91 Å². The number of nitrogens with one attached hydrogen (secondary N) is 1. The summed E-state index contributed by atoms with van der Waals surface area (Å²) in [6, 6.07) is -0.817. The molecule has 1 aliphatic heterocycles. The van der Waals surface area contributed by atoms with Crippen LogP contribution in [-0.4, -0.2) is 87.5 Å². The van der Waals surface area contributed by atoms with Crippen molar-refractivity contribution in [3.8, 4) is 0 Å². The Labute approximate surface area is 426 Å². The van der Waals surface area contributed by atoms with E-state index in [4.69, 9.17) is 9.47 Å². The van der Waals surface area contributed by atoms with E-state index in [1.807, 2.05) is 6.08 Å². The van der Waals surface area contributed by atoms with Crippen molar-refractivity contribution in [3.05, 3.63) is 24.3 Å². The summed E-state index contributed by atoms with van der Waals surface area (Å²) in [5.41, 5.74) is 0. The van der Waals surface area contributed by atoms with Crippen LogP contribution in [0.5, 0.6) is 0 Å². The fourth-order valence-corrected chi connectivity index (χ4v) is 9.76. The van der Waals surface area contributed by atoms with Gasteiger partial charge in [0.1, 0.15) is 24.4 Å². The molecule has 0 radical (unpaired) electrons. The topological polar surface area (TPSA) is 149 Å². The molecule has 0 spiro atoms. The summed E-state index contributed by atoms with van der Waals surface area (Å²) < 4.78 is 11.2. The zero-order valence-electron chi connectivity index (χ0n) is 45.3. The summed E-state index contributed by atoms with van der Waals surface area (Å²) in [5.74, 6) is -0.182. The maximum Gasteiger partial charge on any atom is 0.220 e. The highest BCUT2D eigenvalue weighted by molar-refractivity contribution is 5.76. The minimum atomic E-state index is -1.57. The molecule has 7 atom stereocenters. The maximum absolute atomic E-state index is 13.0. The Morgan fingerprint density at radius 1 is 0.478 bits per heavy atom. The average molecular weight is 979 g/mol. The summed E-state index contributed by atoms with van der Waals surface area (Å²) in [7, 11) is 0. The van der Waals surface area contributed by atoms with Gasteiger partial charge in [-0.3, -0.25) is 4.79 Å². The molecule has 69 heavy (non-hydrogen) atoms. The van der Waals surface area contributed by atoms with E-state index < -0.39 is 49.5 Å². The molecule has 9 nitrogen and oxygen atoms in total. The number of carbonyl (C=O) groups is 1. The van der Waals surface area contributed by atoms with Gasteiger partial charge in [0, 0.05) is 6.42 Å². The Hall–Kier alpha value is -1.33. The number of rotatable bonds is 52. The molecular weight excluding hydrogens is 863 g/mol. The van der Waals surface area contributed by atoms with Gasteiger partial charge in [0.25, 0.3) is 0 Å². The van der Waals surface area contributed by atoms with Gasteiger partial charge in [0.05, 0.1) is 25.4 Å². The van der Waals surface area contributed by atoms with E-state index in [2.05, 4.69) is 31.3 Å². The molecule has 1 fully saturated rings. The molecule has 0 aliphatic carbocycles. The van der Waals surface area contributed by atoms with Gasteiger partial charge >= 0.3 is 0 Å². The van der Waals surface area contributed by atoms with Crippen LogP contribution >= 0.6 is 0 Å². The van der Waals surface area contributed by atoms with E-state index in [-0.39, 0.29) is 12.5 Å². The van der Waals surface area contributed by atoms with Gasteiger partial charge in [-0.1, -0.05) is 282 Å². The van der Waals surface area contributed by atoms with E-state index in [1.165, 1.54) is 238 Å². The predicted molar refractivity (Wildman–Crippen MR) is 290 cm³/mol. The van der Waals surface area contributed by atoms with Crippen molar-refractivity contribution < 1.29 is 39.8 Å². The van der Waals surface area contributed by atoms with Crippen LogP contribution in [0.15, 0.2) is 24.3 Å². The van der Waals surface area contributed by atoms with Gasteiger partial charge in [0.2, 0.25) is 5.91 Å². The lowest BCUT2D eigenvalue weighted by atomic mass is 9.99. The van der Waals surface area contributed by atoms with Gasteiger partial charge in [-0.2, -0.15) is 0 Å². The van der Waals surface area contributed by atoms with Crippen molar-refractivity contribution in [1.82, 2.24) is 5.32 Å². The standard InChI is InChI=1S/C60H115NO8/c1-3-5-7-9-11-13-15-17-18-19-20-21-22-23-24-25-26-27-28-29-30-31-32-33-34-35-36-37-38-40-42-44-46-48-50-56(64)61-53(52-68-60-59(67)58(66)57(65)55(51-62)69-60)54(63)49-47-45-43-41-39-16-14-12-10-8-6-4-2/h39,41,47,49,53-55,57-60,62-63,65-67H,3-38,40,42-46,48,50-52H2,1-2H3,(H,61,64)/b41-39+,49-47+. The zero-order chi connectivity index (χ0) is 50.1. The Morgan fingerprint density at radius 3 is 1.22 bits per heavy atom. The van der Waals surface area contributed by atoms with E-state index >= 15 is 0 Å². The van der Waals surface area contributed by atoms with E-state index in [1.54, 1.807) is 6.08 Å². The molecule has 1 heterocycles. The number of carbonyl (C=O) groups excluding carboxylic acids is 1. The molecule has 7 unspecified atom stereocenters. The summed E-state index contributed by atoms with van der Waals surface area (Å²) >= 11 is 0. The largest absolute Gasteiger partial charge is 0.394 e. The minimum absolute atomic E-state index is 0.182. The first-order valence-corrected chi connectivity index (χ1v) is 30.1. The highest BCUT2D eigenvalue weighted by Gasteiger charge is 2.44. The van der Waals surface area contributed by atoms with E-state index in [9.17, 15) is 30.3 Å². The molecule has 1 saturated heterocycles. The number of hydrogen-bond acceptors (Lipinski definition) is 8. The van der Waals surface area contributed by atoms with Gasteiger partial charge < -0.3 is 40.3 Å². The minimum Gasteiger partial charge on any atom is -0.394 e. The lowest BCUT2D eigenvalue weighted by Crippen LogP contribution is -2.60. The second kappa shape index (κ2) is 50.2. The molecule has 0 aromatic rings. The third-order valence-electron chi connectivity index (χ3n) is 14.5. The molecule has 0 saturated carbocycles. The number of amides is 1. The molecule has 1 aliphatic rings. The molecule has 6 N–H and O–H groups in total. The zero-order valence-corrected chi connectivity index (χ0v) is 45.3. The Bertz CT molecular complexity index is 1130. The van der Waals surface area contributed by atoms with Crippen LogP contribution in [0.1, 0.15) is 296 Å². The number of ether oxygens (including phenoxy) is 2. The average Bonchev–Trinajstić information content (AvgIpc) is 3.35. The Balaban J connectivity index is 2.07. The van der Waals surface area contributed by atoms with Crippen LogP contribution in [0.2, 0.25) is 0 Å². The van der Waals surface area contributed by atoms with Crippen molar-refractivity contribution in [2.24, 2.45) is 0 Å². The van der Waals surface area contributed by atoms with Crippen LogP contribution in [0.3, 0.4) is 0 Å². The van der Waals surface area contributed by atoms with Crippen LogP contribution in [0.4, 0.5) is 0 Å². The van der Waals surface area contributed by atoms with Crippen LogP contribution in [0, 0.1) is 0 Å². The smallest absolute Gasteiger partial charge is 0.220 e. The highest BCUT2D eigenvalue weighted by Crippen LogP contribution is 2.23. The van der Waals surface area contributed by atoms with Gasteiger partial charge in [-0.15, -0.1) is 0 Å². The lowest BCUT2D eigenvalue weighted by Gasteiger charge is -2.40. The SMILES string of the molecule is CCCCCCCC/C=C/CC/C=C/C(O)C(COC1OC(CO)C(O)C(O)C1O)NC(=O)CCCCCCCCCCCCCCCCCCCCCCCCCCCCCCCCCCCC. The van der Waals surface area contributed by atoms with Gasteiger partial charge in [-0.25, -0.2) is 0 Å². The van der Waals surface area contributed by atoms with Crippen molar-refractivity contribution in [2.45, 2.75) is 339 Å². The number of allylic oxidation sites excluding steroid dienone is 3. The number of aliphatic hydroxyl groups is 5. The quantitative estimate of drug-likeness (QED) is 0.0261. The highest BCUT2D eigenvalue weighted by atomic mass is 16.7. The molecule has 1 amide bonds. The van der Waals surface area contributed by atoms with Crippen LogP contribution < -0.4 is 5.32 Å². The van der Waals surface area contributed by atoms with Crippen LogP contribution in [-0.2, 0) is 14.3 Å². The fraction of sp³-hybridized carbons (Fsp3) is 0.917. The van der Waals surface area contributed by atoms with Gasteiger partial charge in [0.15, 0.2) is 6.29 Å². The van der Waals surface area contributed by atoms with Crippen LogP contribution in [0.25, 0.3) is 0 Å². The normalized spacial score (nSPS) is 19.6. The molecule has 0 aromatic carbocycles. The third kappa shape index (κ3) is 39.8. The fourth-order valence-electron chi connectivity index (χ4n) is 9.76. The number of hydrogen-bond donors (Lipinski definition) is 6. The first-order valence-electron chi connectivity index (χ1n) is 30.1. The Morgan fingerprint density at radius 2 is 0.826 bits per heavy atom. The number of unbranched alkanes of at least 4 members (excludes halogenated alkanes) is 40. The molecule has 0 aromatic heterocycles. The first kappa shape index (κ1) is 65.7. The second-order valence-electron chi connectivity index (χ2n) is 21.1. The molecule has 1 rings (SSSR count).